The van der Waals surface area contributed by atoms with Crippen LogP contribution in [0.15, 0.2) is 53.6 Å². The van der Waals surface area contributed by atoms with Gasteiger partial charge in [-0.1, -0.05) is 19.9 Å². The zero-order chi connectivity index (χ0) is 29.2. The zero-order valence-electron chi connectivity index (χ0n) is 22.9. The van der Waals surface area contributed by atoms with Crippen LogP contribution in [-0.2, 0) is 10.0 Å². The maximum absolute atomic E-state index is 14.6. The Balaban J connectivity index is 1.75. The Morgan fingerprint density at radius 2 is 2.00 bits per heavy atom. The second kappa shape index (κ2) is 11.4. The normalized spacial score (nSPS) is 17.4. The van der Waals surface area contributed by atoms with Crippen molar-refractivity contribution in [2.24, 2.45) is 11.8 Å². The summed E-state index contributed by atoms with van der Waals surface area (Å²) < 4.78 is 48.1. The number of aliphatic hydroxyl groups excluding tert-OH is 1. The van der Waals surface area contributed by atoms with Crippen molar-refractivity contribution in [3.8, 4) is 17.0 Å². The van der Waals surface area contributed by atoms with E-state index in [2.05, 4.69) is 16.6 Å². The first-order valence-electron chi connectivity index (χ1n) is 12.9. The molecule has 2 atom stereocenters. The molecule has 1 fully saturated rings. The molecule has 0 saturated carbocycles. The average molecular weight is 572 g/mol. The first-order valence-corrected chi connectivity index (χ1v) is 14.4. The summed E-state index contributed by atoms with van der Waals surface area (Å²) in [6.07, 6.45) is 0.840. The minimum absolute atomic E-state index is 0.000836. The molecule has 1 saturated heterocycles. The number of aliphatic hydroxyl groups is 1. The largest absolute Gasteiger partial charge is 0.493 e. The molecule has 1 aromatic carbocycles. The molecule has 4 N–H and O–H groups in total. The third-order valence-electron chi connectivity index (χ3n) is 7.32. The third kappa shape index (κ3) is 6.18. The molecule has 1 amide bonds. The van der Waals surface area contributed by atoms with E-state index in [1.54, 1.807) is 13.0 Å². The Kier molecular flexibility index (Phi) is 8.31. The van der Waals surface area contributed by atoms with E-state index >= 15 is 0 Å². The summed E-state index contributed by atoms with van der Waals surface area (Å²) in [6.45, 7) is 8.69. The van der Waals surface area contributed by atoms with Gasteiger partial charge in [0.2, 0.25) is 0 Å². The monoisotopic (exact) mass is 571 g/mol. The van der Waals surface area contributed by atoms with Crippen molar-refractivity contribution in [2.45, 2.75) is 44.7 Å². The lowest BCUT2D eigenvalue weighted by Crippen LogP contribution is -2.43. The molecule has 2 unspecified atom stereocenters. The molecule has 3 aromatic rings. The van der Waals surface area contributed by atoms with Crippen molar-refractivity contribution < 1.29 is 27.4 Å². The molecule has 40 heavy (non-hydrogen) atoms. The Morgan fingerprint density at radius 3 is 2.65 bits per heavy atom. The van der Waals surface area contributed by atoms with Crippen LogP contribution in [0, 0.1) is 17.7 Å². The lowest BCUT2D eigenvalue weighted by atomic mass is 9.90. The summed E-state index contributed by atoms with van der Waals surface area (Å²) in [5.74, 6) is -0.736. The Morgan fingerprint density at radius 1 is 1.25 bits per heavy atom. The van der Waals surface area contributed by atoms with Crippen molar-refractivity contribution in [3.63, 3.8) is 0 Å². The third-order valence-corrected chi connectivity index (χ3v) is 8.56. The first-order chi connectivity index (χ1) is 18.8. The molecule has 1 aliphatic heterocycles. The van der Waals surface area contributed by atoms with Crippen LogP contribution < -0.4 is 20.1 Å². The van der Waals surface area contributed by atoms with E-state index in [0.717, 1.165) is 6.42 Å². The lowest BCUT2D eigenvalue weighted by molar-refractivity contribution is 0.0981. The molecule has 3 heterocycles. The highest BCUT2D eigenvalue weighted by atomic mass is 32.2. The van der Waals surface area contributed by atoms with E-state index < -0.39 is 27.3 Å². The number of hydrogen-bond acceptors (Lipinski definition) is 9. The van der Waals surface area contributed by atoms with E-state index in [9.17, 15) is 22.7 Å². The fourth-order valence-corrected chi connectivity index (χ4v) is 5.44. The van der Waals surface area contributed by atoms with Crippen LogP contribution >= 0.6 is 0 Å². The summed E-state index contributed by atoms with van der Waals surface area (Å²) in [6, 6.07) is 11.3. The Labute approximate surface area is 233 Å². The summed E-state index contributed by atoms with van der Waals surface area (Å²) in [5, 5.41) is 8.88. The number of nitrogen functional groups attached to an aromatic ring is 1. The summed E-state index contributed by atoms with van der Waals surface area (Å²) >= 11 is 0. The number of nitrogens with two attached hydrogens (primary N) is 1. The average Bonchev–Trinajstić information content (AvgIpc) is 3.17. The number of hydrogen-bond donors (Lipinski definition) is 3. The van der Waals surface area contributed by atoms with Crippen molar-refractivity contribution in [3.05, 3.63) is 59.9 Å². The van der Waals surface area contributed by atoms with Crippen molar-refractivity contribution in [1.29, 1.82) is 0 Å². The van der Waals surface area contributed by atoms with Gasteiger partial charge in [-0.25, -0.2) is 19.1 Å². The standard InChI is InChI=1S/C28H34FN5O5S/c1-17(15-35)16-39-21-13-19(12-20(29)14-21)23-9-8-22(26(31-23)34-11-10-18(2)28(34,3)4)27(36)33-40(37,38)25-7-5-6-24(30)32-25/h5-9,12-14,17-18,35H,10-11,15-16H2,1-4H3,(H2,30,32)(H,33,36). The van der Waals surface area contributed by atoms with Gasteiger partial charge in [0.05, 0.1) is 17.9 Å². The van der Waals surface area contributed by atoms with Crippen LogP contribution in [0.1, 0.15) is 44.5 Å². The number of halogens is 1. The van der Waals surface area contributed by atoms with Gasteiger partial charge in [-0.05, 0) is 62.6 Å². The summed E-state index contributed by atoms with van der Waals surface area (Å²) in [5.41, 5.74) is 6.07. The van der Waals surface area contributed by atoms with Gasteiger partial charge in [0.1, 0.15) is 23.2 Å². The topological polar surface area (TPSA) is 148 Å². The molecule has 0 radical (unpaired) electrons. The molecule has 0 bridgehead atoms. The highest BCUT2D eigenvalue weighted by molar-refractivity contribution is 7.90. The van der Waals surface area contributed by atoms with E-state index in [1.165, 1.54) is 42.5 Å². The zero-order valence-corrected chi connectivity index (χ0v) is 23.7. The number of sulfonamides is 1. The fourth-order valence-electron chi connectivity index (χ4n) is 4.50. The second-order valence-corrected chi connectivity index (χ2v) is 12.3. The quantitative estimate of drug-likeness (QED) is 0.350. The molecule has 10 nitrogen and oxygen atoms in total. The predicted octanol–water partition coefficient (Wildman–Crippen LogP) is 3.62. The van der Waals surface area contributed by atoms with Crippen molar-refractivity contribution in [2.75, 3.05) is 30.4 Å². The highest BCUT2D eigenvalue weighted by Crippen LogP contribution is 2.39. The SMILES string of the molecule is CC(CO)COc1cc(F)cc(-c2ccc(C(=O)NS(=O)(=O)c3cccc(N)n3)c(N3CCC(C)C3(C)C)n2)c1. The molecular formula is C28H34FN5O5S. The van der Waals surface area contributed by atoms with Crippen LogP contribution in [0.3, 0.4) is 0 Å². The number of anilines is 2. The molecule has 0 spiro atoms. The van der Waals surface area contributed by atoms with Crippen molar-refractivity contribution in [1.82, 2.24) is 14.7 Å². The van der Waals surface area contributed by atoms with Crippen LogP contribution in [0.5, 0.6) is 5.75 Å². The van der Waals surface area contributed by atoms with Gasteiger partial charge in [-0.2, -0.15) is 8.42 Å². The number of pyridine rings is 2. The number of benzene rings is 1. The van der Waals surface area contributed by atoms with Gasteiger partial charge in [0, 0.05) is 36.2 Å². The molecule has 214 valence electrons. The van der Waals surface area contributed by atoms with E-state index in [-0.39, 0.29) is 53.0 Å². The van der Waals surface area contributed by atoms with Crippen LogP contribution in [0.25, 0.3) is 11.3 Å². The van der Waals surface area contributed by atoms with Gasteiger partial charge >= 0.3 is 0 Å². The number of amides is 1. The number of carbonyl (C=O) groups is 1. The first kappa shape index (κ1) is 29.2. The van der Waals surface area contributed by atoms with Gasteiger partial charge < -0.3 is 20.5 Å². The lowest BCUT2D eigenvalue weighted by Gasteiger charge is -2.36. The number of carbonyl (C=O) groups excluding carboxylic acids is 1. The van der Waals surface area contributed by atoms with Gasteiger partial charge in [-0.15, -0.1) is 0 Å². The molecular weight excluding hydrogens is 537 g/mol. The number of ether oxygens (including phenoxy) is 1. The van der Waals surface area contributed by atoms with Gasteiger partial charge in [-0.3, -0.25) is 4.79 Å². The minimum atomic E-state index is -4.32. The van der Waals surface area contributed by atoms with Crippen LogP contribution in [-0.4, -0.2) is 54.7 Å². The molecule has 4 rings (SSSR count). The number of rotatable bonds is 9. The second-order valence-electron chi connectivity index (χ2n) is 10.7. The molecule has 2 aromatic heterocycles. The minimum Gasteiger partial charge on any atom is -0.493 e. The molecule has 0 aliphatic carbocycles. The maximum Gasteiger partial charge on any atom is 0.281 e. The summed E-state index contributed by atoms with van der Waals surface area (Å²) in [4.78, 5) is 24.0. The van der Waals surface area contributed by atoms with Crippen LogP contribution in [0.4, 0.5) is 16.0 Å². The number of nitrogens with zero attached hydrogens (tertiary/aromatic N) is 3. The number of aromatic nitrogens is 2. The van der Waals surface area contributed by atoms with E-state index in [4.69, 9.17) is 15.5 Å². The number of nitrogens with one attached hydrogen (secondary N) is 1. The predicted molar refractivity (Wildman–Crippen MR) is 150 cm³/mol. The van der Waals surface area contributed by atoms with Crippen LogP contribution in [0.2, 0.25) is 0 Å². The van der Waals surface area contributed by atoms with Crippen molar-refractivity contribution >= 4 is 27.6 Å². The molecule has 1 aliphatic rings. The smallest absolute Gasteiger partial charge is 0.281 e. The fraction of sp³-hybridized carbons (Fsp3) is 0.393. The highest BCUT2D eigenvalue weighted by Gasteiger charge is 2.41. The maximum atomic E-state index is 14.6. The van der Waals surface area contributed by atoms with E-state index in [1.807, 2.05) is 18.7 Å². The van der Waals surface area contributed by atoms with Gasteiger partial charge in [0.15, 0.2) is 5.03 Å². The molecule has 12 heteroatoms. The van der Waals surface area contributed by atoms with Gasteiger partial charge in [0.25, 0.3) is 15.9 Å². The summed E-state index contributed by atoms with van der Waals surface area (Å²) in [7, 11) is -4.32. The van der Waals surface area contributed by atoms with E-state index in [0.29, 0.717) is 17.8 Å². The Bertz CT molecular complexity index is 1510. The Hall–Kier alpha value is -3.77.